The van der Waals surface area contributed by atoms with Gasteiger partial charge in [-0.15, -0.1) is 0 Å². The molecule has 0 saturated carbocycles. The fourth-order valence-electron chi connectivity index (χ4n) is 2.22. The van der Waals surface area contributed by atoms with Crippen LogP contribution in [0.25, 0.3) is 6.08 Å². The van der Waals surface area contributed by atoms with E-state index in [-0.39, 0.29) is 5.97 Å². The zero-order valence-electron chi connectivity index (χ0n) is 11.6. The van der Waals surface area contributed by atoms with Crippen LogP contribution < -0.4 is 0 Å². The third kappa shape index (κ3) is 3.67. The molecular weight excluding hydrogens is 364 g/mol. The van der Waals surface area contributed by atoms with Crippen LogP contribution >= 0.6 is 27.5 Å². The summed E-state index contributed by atoms with van der Waals surface area (Å²) in [5.74, 6) is 0.257. The first-order chi connectivity index (χ1) is 10.6. The van der Waals surface area contributed by atoms with Crippen molar-refractivity contribution < 1.29 is 9.53 Å². The smallest absolute Gasteiger partial charge is 0.339 e. The summed E-state index contributed by atoms with van der Waals surface area (Å²) < 4.78 is 6.30. The highest BCUT2D eigenvalue weighted by molar-refractivity contribution is 9.10. The second-order valence-corrected chi connectivity index (χ2v) is 6.32. The quantitative estimate of drug-likeness (QED) is 0.692. The van der Waals surface area contributed by atoms with Crippen molar-refractivity contribution >= 4 is 39.6 Å². The normalized spacial score (nSPS) is 15.8. The highest BCUT2D eigenvalue weighted by Gasteiger charge is 2.21. The van der Waals surface area contributed by atoms with Crippen molar-refractivity contribution in [2.45, 2.75) is 6.42 Å². The van der Waals surface area contributed by atoms with E-state index in [2.05, 4.69) is 15.9 Å². The van der Waals surface area contributed by atoms with Gasteiger partial charge in [0.1, 0.15) is 5.76 Å². The Labute approximate surface area is 142 Å². The molecule has 3 rings (SSSR count). The molecule has 0 aromatic heterocycles. The van der Waals surface area contributed by atoms with E-state index in [1.807, 2.05) is 54.6 Å². The molecule has 0 spiro atoms. The summed E-state index contributed by atoms with van der Waals surface area (Å²) in [6.45, 7) is 0. The lowest BCUT2D eigenvalue weighted by molar-refractivity contribution is -0.133. The monoisotopic (exact) mass is 374 g/mol. The van der Waals surface area contributed by atoms with Gasteiger partial charge in [-0.2, -0.15) is 0 Å². The fourth-order valence-corrected chi connectivity index (χ4v) is 2.69. The molecule has 1 aliphatic heterocycles. The maximum atomic E-state index is 11.9. The maximum Gasteiger partial charge on any atom is 0.339 e. The molecule has 4 heteroatoms. The van der Waals surface area contributed by atoms with E-state index >= 15 is 0 Å². The molecule has 0 bridgehead atoms. The number of halogens is 2. The van der Waals surface area contributed by atoms with Gasteiger partial charge in [0.15, 0.2) is 0 Å². The molecule has 0 N–H and O–H groups in total. The molecule has 1 aliphatic rings. The van der Waals surface area contributed by atoms with Crippen LogP contribution in [0.4, 0.5) is 0 Å². The van der Waals surface area contributed by atoms with E-state index in [1.54, 1.807) is 6.08 Å². The van der Waals surface area contributed by atoms with Gasteiger partial charge in [0.2, 0.25) is 0 Å². The summed E-state index contributed by atoms with van der Waals surface area (Å²) >= 11 is 9.36. The van der Waals surface area contributed by atoms with E-state index in [9.17, 15) is 4.79 Å². The summed E-state index contributed by atoms with van der Waals surface area (Å²) in [7, 11) is 0. The average Bonchev–Trinajstić information content (AvgIpc) is 2.81. The molecule has 110 valence electrons. The van der Waals surface area contributed by atoms with Crippen LogP contribution in [0.5, 0.6) is 0 Å². The Morgan fingerprint density at radius 3 is 2.64 bits per heavy atom. The van der Waals surface area contributed by atoms with Crippen LogP contribution in [0, 0.1) is 0 Å². The Balaban J connectivity index is 1.80. The number of cyclic esters (lactones) is 1. The number of hydrogen-bond acceptors (Lipinski definition) is 2. The van der Waals surface area contributed by atoms with Gasteiger partial charge in [0, 0.05) is 21.5 Å². The standard InChI is InChI=1S/C18H12BrClO2/c19-15-6-4-12(5-7-15)10-17-11-14(18(21)22-17)8-13-2-1-3-16(20)9-13/h1-7,9-11H,8H2/b17-10-. The third-order valence-corrected chi connectivity index (χ3v) is 4.02. The number of allylic oxidation sites excluding steroid dienone is 1. The minimum absolute atomic E-state index is 0.302. The van der Waals surface area contributed by atoms with Gasteiger partial charge in [-0.1, -0.05) is 51.8 Å². The molecule has 0 aliphatic carbocycles. The van der Waals surface area contributed by atoms with Crippen LogP contribution in [-0.4, -0.2) is 5.97 Å². The second-order valence-electron chi connectivity index (χ2n) is 4.96. The molecule has 0 amide bonds. The van der Waals surface area contributed by atoms with Crippen molar-refractivity contribution in [3.05, 3.63) is 86.6 Å². The third-order valence-electron chi connectivity index (χ3n) is 3.25. The number of esters is 1. The fraction of sp³-hybridized carbons (Fsp3) is 0.0556. The molecule has 2 aromatic rings. The number of ether oxygens (including phenoxy) is 1. The van der Waals surface area contributed by atoms with Gasteiger partial charge in [0.05, 0.1) is 0 Å². The van der Waals surface area contributed by atoms with Crippen LogP contribution in [-0.2, 0) is 16.0 Å². The predicted octanol–water partition coefficient (Wildman–Crippen LogP) is 5.17. The van der Waals surface area contributed by atoms with Gasteiger partial charge in [0.25, 0.3) is 0 Å². The van der Waals surface area contributed by atoms with E-state index in [1.165, 1.54) is 0 Å². The number of carbonyl (C=O) groups is 1. The Kier molecular flexibility index (Phi) is 4.46. The zero-order chi connectivity index (χ0) is 15.5. The van der Waals surface area contributed by atoms with Crippen molar-refractivity contribution in [1.82, 2.24) is 0 Å². The molecule has 2 aromatic carbocycles. The van der Waals surface area contributed by atoms with Gasteiger partial charge < -0.3 is 4.74 Å². The van der Waals surface area contributed by atoms with Gasteiger partial charge in [-0.25, -0.2) is 4.79 Å². The lowest BCUT2D eigenvalue weighted by Gasteiger charge is -2.00. The Hall–Kier alpha value is -1.84. The van der Waals surface area contributed by atoms with Crippen molar-refractivity contribution in [1.29, 1.82) is 0 Å². The molecular formula is C18H12BrClO2. The molecule has 2 nitrogen and oxygen atoms in total. The summed E-state index contributed by atoms with van der Waals surface area (Å²) in [6, 6.07) is 15.3. The first-order valence-corrected chi connectivity index (χ1v) is 7.92. The largest absolute Gasteiger partial charge is 0.423 e. The van der Waals surface area contributed by atoms with Gasteiger partial charge >= 0.3 is 5.97 Å². The number of hydrogen-bond donors (Lipinski definition) is 0. The van der Waals surface area contributed by atoms with Crippen LogP contribution in [0.15, 0.2) is 70.4 Å². The average molecular weight is 376 g/mol. The number of benzene rings is 2. The van der Waals surface area contributed by atoms with E-state index in [0.717, 1.165) is 15.6 Å². The van der Waals surface area contributed by atoms with Gasteiger partial charge in [-0.3, -0.25) is 0 Å². The molecule has 22 heavy (non-hydrogen) atoms. The maximum absolute atomic E-state index is 11.9. The predicted molar refractivity (Wildman–Crippen MR) is 91.5 cm³/mol. The molecule has 0 fully saturated rings. The summed E-state index contributed by atoms with van der Waals surface area (Å²) in [5, 5.41) is 0.662. The summed E-state index contributed by atoms with van der Waals surface area (Å²) in [4.78, 5) is 11.9. The van der Waals surface area contributed by atoms with E-state index < -0.39 is 0 Å². The molecule has 0 unspecified atom stereocenters. The minimum atomic E-state index is -0.302. The SMILES string of the molecule is O=C1O/C(=C\c2ccc(Br)cc2)C=C1Cc1cccc(Cl)c1. The highest BCUT2D eigenvalue weighted by Crippen LogP contribution is 2.24. The van der Waals surface area contributed by atoms with Crippen molar-refractivity contribution in [2.75, 3.05) is 0 Å². The summed E-state index contributed by atoms with van der Waals surface area (Å²) in [5.41, 5.74) is 2.59. The molecule has 0 radical (unpaired) electrons. The van der Waals surface area contributed by atoms with Crippen molar-refractivity contribution in [3.8, 4) is 0 Å². The van der Waals surface area contributed by atoms with E-state index in [4.69, 9.17) is 16.3 Å². The number of rotatable bonds is 3. The minimum Gasteiger partial charge on any atom is -0.423 e. The Morgan fingerprint density at radius 1 is 1.14 bits per heavy atom. The lowest BCUT2D eigenvalue weighted by Crippen LogP contribution is -2.01. The van der Waals surface area contributed by atoms with Crippen LogP contribution in [0.1, 0.15) is 11.1 Å². The molecule has 0 saturated heterocycles. The molecule has 0 atom stereocenters. The first kappa shape index (κ1) is 15.1. The summed E-state index contributed by atoms with van der Waals surface area (Å²) in [6.07, 6.45) is 4.14. The highest BCUT2D eigenvalue weighted by atomic mass is 79.9. The van der Waals surface area contributed by atoms with Crippen LogP contribution in [0.3, 0.4) is 0 Å². The van der Waals surface area contributed by atoms with Crippen molar-refractivity contribution in [2.24, 2.45) is 0 Å². The first-order valence-electron chi connectivity index (χ1n) is 6.74. The second kappa shape index (κ2) is 6.51. The topological polar surface area (TPSA) is 26.3 Å². The Morgan fingerprint density at radius 2 is 1.91 bits per heavy atom. The van der Waals surface area contributed by atoms with Crippen molar-refractivity contribution in [3.63, 3.8) is 0 Å². The Bertz CT molecular complexity index is 776. The lowest BCUT2D eigenvalue weighted by atomic mass is 10.1. The van der Waals surface area contributed by atoms with Crippen LogP contribution in [0.2, 0.25) is 5.02 Å². The molecule has 1 heterocycles. The van der Waals surface area contributed by atoms with E-state index in [0.29, 0.717) is 22.8 Å². The van der Waals surface area contributed by atoms with Gasteiger partial charge in [-0.05, 0) is 47.5 Å². The number of carbonyl (C=O) groups excluding carboxylic acids is 1. The zero-order valence-corrected chi connectivity index (χ0v) is 13.9.